The number of fused-ring (bicyclic) bond motifs is 1. The maximum Gasteiger partial charge on any atom is 0.245 e. The Morgan fingerprint density at radius 1 is 0.875 bits per heavy atom. The number of ether oxygens (including phenoxy) is 2. The fourth-order valence-corrected chi connectivity index (χ4v) is 6.33. The zero-order valence-electron chi connectivity index (χ0n) is 23.7. The highest BCUT2D eigenvalue weighted by Gasteiger charge is 2.31. The van der Waals surface area contributed by atoms with Crippen LogP contribution in [0.4, 0.5) is 0 Å². The van der Waals surface area contributed by atoms with E-state index in [9.17, 15) is 4.79 Å². The van der Waals surface area contributed by atoms with Crippen molar-refractivity contribution in [3.8, 4) is 11.5 Å². The Bertz CT molecular complexity index is 1260. The number of methoxy groups -OCH3 is 1. The van der Waals surface area contributed by atoms with Crippen molar-refractivity contribution < 1.29 is 14.3 Å². The second-order valence-corrected chi connectivity index (χ2v) is 11.9. The van der Waals surface area contributed by atoms with Crippen LogP contribution < -0.4 is 9.47 Å². The van der Waals surface area contributed by atoms with Crippen LogP contribution in [0.25, 0.3) is 0 Å². The number of hydrogen-bond donors (Lipinski definition) is 0. The van der Waals surface area contributed by atoms with Crippen LogP contribution in [0.3, 0.4) is 0 Å². The highest BCUT2D eigenvalue weighted by Crippen LogP contribution is 2.48. The lowest BCUT2D eigenvalue weighted by Crippen LogP contribution is -2.09. The molecular weight excluding hydrogens is 538 g/mol. The molecule has 0 N–H and O–H groups in total. The zero-order valence-corrected chi connectivity index (χ0v) is 25.2. The number of amides is 1. The molecule has 1 unspecified atom stereocenters. The van der Waals surface area contributed by atoms with Gasteiger partial charge in [-0.05, 0) is 72.9 Å². The van der Waals surface area contributed by atoms with E-state index in [1.807, 2.05) is 54.6 Å². The summed E-state index contributed by atoms with van der Waals surface area (Å²) >= 11 is 7.81. The number of aliphatic imine (C=N–C) groups is 1. The smallest absolute Gasteiger partial charge is 0.245 e. The maximum absolute atomic E-state index is 13.0. The topological polar surface area (TPSA) is 47.9 Å². The number of unbranched alkanes of at least 4 members (excludes halogenated alkanes) is 6. The van der Waals surface area contributed by atoms with Gasteiger partial charge in [-0.1, -0.05) is 81.3 Å². The van der Waals surface area contributed by atoms with Gasteiger partial charge in [0, 0.05) is 21.9 Å². The molecule has 212 valence electrons. The van der Waals surface area contributed by atoms with Gasteiger partial charge >= 0.3 is 0 Å². The first-order chi connectivity index (χ1) is 19.6. The number of aryl methyl sites for hydroxylation is 1. The summed E-state index contributed by atoms with van der Waals surface area (Å²) in [4.78, 5) is 18.7. The minimum atomic E-state index is -0.0899. The summed E-state index contributed by atoms with van der Waals surface area (Å²) in [6.45, 7) is 3.02. The fraction of sp³-hybridized carbons (Fsp3) is 0.412. The van der Waals surface area contributed by atoms with Crippen molar-refractivity contribution in [3.05, 3.63) is 88.4 Å². The molecule has 0 saturated carbocycles. The average Bonchev–Trinajstić information content (AvgIpc) is 3.32. The van der Waals surface area contributed by atoms with Crippen molar-refractivity contribution in [2.24, 2.45) is 4.99 Å². The molecule has 0 bridgehead atoms. The summed E-state index contributed by atoms with van der Waals surface area (Å²) in [5.74, 6) is 1.62. The maximum atomic E-state index is 13.0. The summed E-state index contributed by atoms with van der Waals surface area (Å²) in [5.41, 5.74) is 4.07. The van der Waals surface area contributed by atoms with Crippen LogP contribution in [0.1, 0.15) is 86.7 Å². The average molecular weight is 578 g/mol. The van der Waals surface area contributed by atoms with Crippen molar-refractivity contribution in [1.29, 1.82) is 0 Å². The second kappa shape index (κ2) is 15.9. The molecule has 0 fully saturated rings. The molecule has 1 heterocycles. The normalized spacial score (nSPS) is 15.3. The Balaban J connectivity index is 1.28. The number of nitrogens with zero attached hydrogens (tertiary/aromatic N) is 1. The first kappa shape index (κ1) is 30.2. The van der Waals surface area contributed by atoms with Crippen molar-refractivity contribution >= 4 is 35.0 Å². The fourth-order valence-electron chi connectivity index (χ4n) is 4.88. The van der Waals surface area contributed by atoms with Crippen LogP contribution in [0.5, 0.6) is 11.5 Å². The van der Waals surface area contributed by atoms with E-state index >= 15 is 0 Å². The summed E-state index contributed by atoms with van der Waals surface area (Å²) in [7, 11) is 1.66. The first-order valence-corrected chi connectivity index (χ1v) is 15.8. The van der Waals surface area contributed by atoms with Crippen molar-refractivity contribution in [2.45, 2.75) is 81.3 Å². The van der Waals surface area contributed by atoms with Crippen LogP contribution in [-0.2, 0) is 11.2 Å². The van der Waals surface area contributed by atoms with Crippen LogP contribution >= 0.6 is 23.4 Å². The summed E-state index contributed by atoms with van der Waals surface area (Å²) < 4.78 is 11.3. The van der Waals surface area contributed by atoms with Crippen LogP contribution in [0, 0.1) is 0 Å². The van der Waals surface area contributed by atoms with Gasteiger partial charge in [0.1, 0.15) is 11.5 Å². The Morgan fingerprint density at radius 2 is 1.57 bits per heavy atom. The van der Waals surface area contributed by atoms with Crippen LogP contribution in [0.2, 0.25) is 5.02 Å². The van der Waals surface area contributed by atoms with Crippen LogP contribution in [-0.4, -0.2) is 25.3 Å². The monoisotopic (exact) mass is 577 g/mol. The van der Waals surface area contributed by atoms with Gasteiger partial charge in [-0.15, -0.1) is 11.8 Å². The quantitative estimate of drug-likeness (QED) is 0.169. The summed E-state index contributed by atoms with van der Waals surface area (Å²) in [6, 6.07) is 22.0. The molecule has 0 spiro atoms. The van der Waals surface area contributed by atoms with E-state index in [0.29, 0.717) is 11.4 Å². The third-order valence-corrected chi connectivity index (χ3v) is 8.75. The Morgan fingerprint density at radius 3 is 2.30 bits per heavy atom. The van der Waals surface area contributed by atoms with E-state index in [1.165, 1.54) is 44.1 Å². The molecule has 3 aromatic carbocycles. The van der Waals surface area contributed by atoms with Gasteiger partial charge in [0.05, 0.1) is 24.7 Å². The van der Waals surface area contributed by atoms with Gasteiger partial charge in [0.15, 0.2) is 0 Å². The van der Waals surface area contributed by atoms with Gasteiger partial charge in [-0.3, -0.25) is 4.79 Å². The lowest BCUT2D eigenvalue weighted by Gasteiger charge is -2.11. The predicted molar refractivity (Wildman–Crippen MR) is 167 cm³/mol. The van der Waals surface area contributed by atoms with Gasteiger partial charge in [0.25, 0.3) is 0 Å². The Hall–Kier alpha value is -2.76. The molecular formula is C34H40ClNO3S. The van der Waals surface area contributed by atoms with E-state index in [2.05, 4.69) is 24.0 Å². The van der Waals surface area contributed by atoms with Gasteiger partial charge in [0.2, 0.25) is 5.91 Å². The highest BCUT2D eigenvalue weighted by molar-refractivity contribution is 8.01. The van der Waals surface area contributed by atoms with E-state index in [0.717, 1.165) is 59.1 Å². The number of carbonyl (C=O) groups is 1. The molecule has 0 saturated heterocycles. The van der Waals surface area contributed by atoms with E-state index in [1.54, 1.807) is 18.9 Å². The SMILES string of the molecule is CCCCCCCCCOc1ccc(CCCC(=O)N=C2c3ccc(OC)cc3SC2c2ccc(Cl)cc2)cc1. The van der Waals surface area contributed by atoms with Gasteiger partial charge in [-0.25, -0.2) is 4.99 Å². The van der Waals surface area contributed by atoms with Crippen molar-refractivity contribution in [1.82, 2.24) is 0 Å². The summed E-state index contributed by atoms with van der Waals surface area (Å²) in [5, 5.41) is 0.630. The number of hydrogen-bond acceptors (Lipinski definition) is 4. The number of carbonyl (C=O) groups excluding carboxylic acids is 1. The van der Waals surface area contributed by atoms with E-state index < -0.39 is 0 Å². The predicted octanol–water partition coefficient (Wildman–Crippen LogP) is 9.66. The highest BCUT2D eigenvalue weighted by atomic mass is 35.5. The molecule has 1 aliphatic rings. The molecule has 4 rings (SSSR count). The third-order valence-electron chi connectivity index (χ3n) is 7.17. The first-order valence-electron chi connectivity index (χ1n) is 14.5. The van der Waals surface area contributed by atoms with Crippen molar-refractivity contribution in [2.75, 3.05) is 13.7 Å². The standard InChI is InChI=1S/C34H40ClNO3S/c1-3-4-5-6-7-8-9-23-39-28-19-13-25(14-20-28)11-10-12-32(37)36-33-30-22-21-29(38-2)24-31(30)40-34(33)26-15-17-27(35)18-16-26/h13-22,24,34H,3-12,23H2,1-2H3. The zero-order chi connectivity index (χ0) is 28.2. The molecule has 6 heteroatoms. The van der Waals surface area contributed by atoms with E-state index in [4.69, 9.17) is 21.1 Å². The number of thioether (sulfide) groups is 1. The third kappa shape index (κ3) is 8.87. The molecule has 1 aliphatic heterocycles. The molecule has 0 aliphatic carbocycles. The molecule has 4 nitrogen and oxygen atoms in total. The second-order valence-electron chi connectivity index (χ2n) is 10.3. The number of benzene rings is 3. The largest absolute Gasteiger partial charge is 0.497 e. The molecule has 0 aromatic heterocycles. The Labute approximate surface area is 248 Å². The molecule has 0 radical (unpaired) electrons. The minimum Gasteiger partial charge on any atom is -0.497 e. The van der Waals surface area contributed by atoms with Crippen LogP contribution in [0.15, 0.2) is 76.6 Å². The minimum absolute atomic E-state index is 0.0584. The molecule has 40 heavy (non-hydrogen) atoms. The Kier molecular flexibility index (Phi) is 12.0. The summed E-state index contributed by atoms with van der Waals surface area (Å²) in [6.07, 6.45) is 11.0. The lowest BCUT2D eigenvalue weighted by atomic mass is 10.0. The molecule has 1 amide bonds. The lowest BCUT2D eigenvalue weighted by molar-refractivity contribution is -0.117. The number of halogens is 1. The molecule has 1 atom stereocenters. The number of rotatable bonds is 15. The molecule has 3 aromatic rings. The van der Waals surface area contributed by atoms with E-state index in [-0.39, 0.29) is 11.2 Å². The van der Waals surface area contributed by atoms with Gasteiger partial charge in [-0.2, -0.15) is 0 Å². The van der Waals surface area contributed by atoms with Gasteiger partial charge < -0.3 is 9.47 Å². The van der Waals surface area contributed by atoms with Crippen molar-refractivity contribution in [3.63, 3.8) is 0 Å².